The number of hydrogen-bond donors (Lipinski definition) is 1. The second-order valence-corrected chi connectivity index (χ2v) is 5.32. The molecule has 0 spiro atoms. The van der Waals surface area contributed by atoms with Gasteiger partial charge < -0.3 is 14.8 Å². The molecule has 0 bridgehead atoms. The van der Waals surface area contributed by atoms with E-state index in [2.05, 4.69) is 19.2 Å². The van der Waals surface area contributed by atoms with Gasteiger partial charge >= 0.3 is 5.97 Å². The molecule has 18 heavy (non-hydrogen) atoms. The van der Waals surface area contributed by atoms with Gasteiger partial charge in [0.15, 0.2) is 0 Å². The molecule has 0 aliphatic heterocycles. The maximum absolute atomic E-state index is 11.7. The van der Waals surface area contributed by atoms with Crippen LogP contribution in [0.1, 0.15) is 47.0 Å². The monoisotopic (exact) mass is 259 g/mol. The molecule has 3 unspecified atom stereocenters. The van der Waals surface area contributed by atoms with E-state index in [1.165, 1.54) is 20.0 Å². The van der Waals surface area contributed by atoms with Gasteiger partial charge in [-0.15, -0.1) is 0 Å². The molecule has 0 aromatic carbocycles. The van der Waals surface area contributed by atoms with E-state index in [0.29, 0.717) is 12.3 Å². The maximum Gasteiger partial charge on any atom is 0.325 e. The predicted molar refractivity (Wildman–Crippen MR) is 73.6 cm³/mol. The van der Waals surface area contributed by atoms with Crippen molar-refractivity contribution >= 4 is 5.97 Å². The van der Waals surface area contributed by atoms with Crippen molar-refractivity contribution in [2.45, 2.75) is 58.6 Å². The highest BCUT2D eigenvalue weighted by atomic mass is 16.5. The van der Waals surface area contributed by atoms with E-state index >= 15 is 0 Å². The minimum absolute atomic E-state index is 0.0286. The number of likely N-dealkylation sites (N-methyl/N-ethyl adjacent to an activating group) is 1. The quantitative estimate of drug-likeness (QED) is 0.646. The molecule has 0 amide bonds. The molecule has 0 saturated heterocycles. The number of ether oxygens (including phenoxy) is 2. The summed E-state index contributed by atoms with van der Waals surface area (Å²) in [5.74, 6) is 0.318. The highest BCUT2D eigenvalue weighted by Crippen LogP contribution is 2.17. The summed E-state index contributed by atoms with van der Waals surface area (Å²) in [5, 5.41) is 3.02. The van der Waals surface area contributed by atoms with E-state index in [9.17, 15) is 4.79 Å². The van der Waals surface area contributed by atoms with E-state index in [1.54, 1.807) is 7.05 Å². The molecule has 1 N–H and O–H groups in total. The van der Waals surface area contributed by atoms with Crippen molar-refractivity contribution in [3.8, 4) is 0 Å². The van der Waals surface area contributed by atoms with Gasteiger partial charge in [0.25, 0.3) is 0 Å². The summed E-state index contributed by atoms with van der Waals surface area (Å²) in [6, 6.07) is 0. The van der Waals surface area contributed by atoms with Crippen molar-refractivity contribution in [2.24, 2.45) is 5.92 Å². The number of carbonyl (C=O) groups excluding carboxylic acids is 1. The van der Waals surface area contributed by atoms with E-state index in [-0.39, 0.29) is 12.1 Å². The Kier molecular flexibility index (Phi) is 8.20. The van der Waals surface area contributed by atoms with Crippen LogP contribution in [0.25, 0.3) is 0 Å². The fraction of sp³-hybridized carbons (Fsp3) is 0.929. The van der Waals surface area contributed by atoms with Gasteiger partial charge in [0.05, 0.1) is 13.2 Å². The van der Waals surface area contributed by atoms with E-state index in [1.807, 2.05) is 13.8 Å². The fourth-order valence-corrected chi connectivity index (χ4v) is 2.05. The number of rotatable bonds is 9. The first-order chi connectivity index (χ1) is 8.39. The number of methoxy groups -OCH3 is 1. The highest BCUT2D eigenvalue weighted by molar-refractivity contribution is 5.80. The molecule has 3 atom stereocenters. The van der Waals surface area contributed by atoms with Gasteiger partial charge in [0, 0.05) is 13.0 Å². The molecular weight excluding hydrogens is 230 g/mol. The smallest absolute Gasteiger partial charge is 0.325 e. The van der Waals surface area contributed by atoms with Crippen LogP contribution in [0, 0.1) is 5.92 Å². The third-order valence-corrected chi connectivity index (χ3v) is 3.33. The van der Waals surface area contributed by atoms with Crippen LogP contribution in [0.2, 0.25) is 0 Å². The van der Waals surface area contributed by atoms with E-state index in [0.717, 1.165) is 6.61 Å². The Morgan fingerprint density at radius 1 is 1.39 bits per heavy atom. The number of hydrogen-bond acceptors (Lipinski definition) is 4. The highest BCUT2D eigenvalue weighted by Gasteiger charge is 2.34. The summed E-state index contributed by atoms with van der Waals surface area (Å²) in [7, 11) is 3.18. The lowest BCUT2D eigenvalue weighted by molar-refractivity contribution is -0.149. The summed E-state index contributed by atoms with van der Waals surface area (Å²) >= 11 is 0. The Morgan fingerprint density at radius 3 is 2.44 bits per heavy atom. The molecule has 0 aliphatic carbocycles. The van der Waals surface area contributed by atoms with E-state index < -0.39 is 5.54 Å². The predicted octanol–water partition coefficient (Wildman–Crippen LogP) is 2.37. The van der Waals surface area contributed by atoms with Crippen molar-refractivity contribution in [3.05, 3.63) is 0 Å². The Bertz CT molecular complexity index is 245. The van der Waals surface area contributed by atoms with Gasteiger partial charge in [-0.25, -0.2) is 0 Å². The third kappa shape index (κ3) is 5.83. The number of carbonyl (C=O) groups is 1. The lowest BCUT2D eigenvalue weighted by Crippen LogP contribution is -2.50. The van der Waals surface area contributed by atoms with Crippen molar-refractivity contribution in [1.29, 1.82) is 0 Å². The molecule has 4 heteroatoms. The SMILES string of the molecule is CCCC(C)COC(C)CC(C)(NC)C(=O)OC. The first kappa shape index (κ1) is 17.4. The van der Waals surface area contributed by atoms with Gasteiger partial charge in [-0.05, 0) is 33.2 Å². The molecule has 0 aliphatic rings. The normalized spacial score (nSPS) is 17.9. The topological polar surface area (TPSA) is 47.6 Å². The minimum Gasteiger partial charge on any atom is -0.468 e. The average Bonchev–Trinajstić information content (AvgIpc) is 2.35. The summed E-state index contributed by atoms with van der Waals surface area (Å²) in [5.41, 5.74) is -0.678. The van der Waals surface area contributed by atoms with Gasteiger partial charge in [-0.3, -0.25) is 4.79 Å². The molecule has 0 aromatic heterocycles. The summed E-state index contributed by atoms with van der Waals surface area (Å²) in [4.78, 5) is 11.7. The maximum atomic E-state index is 11.7. The summed E-state index contributed by atoms with van der Waals surface area (Å²) in [6.45, 7) is 8.95. The first-order valence-corrected chi connectivity index (χ1v) is 6.78. The van der Waals surface area contributed by atoms with Gasteiger partial charge in [-0.1, -0.05) is 20.3 Å². The van der Waals surface area contributed by atoms with Crippen LogP contribution in [0.15, 0.2) is 0 Å². The Hall–Kier alpha value is -0.610. The molecule has 0 aromatic rings. The van der Waals surface area contributed by atoms with E-state index in [4.69, 9.17) is 9.47 Å². The standard InChI is InChI=1S/C14H29NO3/c1-7-8-11(2)10-18-12(3)9-14(4,15-5)13(16)17-6/h11-12,15H,7-10H2,1-6H3. The van der Waals surface area contributed by atoms with Crippen LogP contribution in [0.3, 0.4) is 0 Å². The fourth-order valence-electron chi connectivity index (χ4n) is 2.05. The number of esters is 1. The van der Waals surface area contributed by atoms with Crippen LogP contribution in [-0.4, -0.2) is 38.4 Å². The Balaban J connectivity index is 4.19. The summed E-state index contributed by atoms with van der Waals surface area (Å²) in [6.07, 6.45) is 2.98. The van der Waals surface area contributed by atoms with Crippen LogP contribution in [0.4, 0.5) is 0 Å². The van der Waals surface area contributed by atoms with Gasteiger partial charge in [0.1, 0.15) is 5.54 Å². The van der Waals surface area contributed by atoms with Gasteiger partial charge in [-0.2, -0.15) is 0 Å². The number of nitrogens with one attached hydrogen (secondary N) is 1. The van der Waals surface area contributed by atoms with Crippen LogP contribution >= 0.6 is 0 Å². The molecule has 0 saturated carbocycles. The lowest BCUT2D eigenvalue weighted by atomic mass is 9.95. The Morgan fingerprint density at radius 2 is 2.00 bits per heavy atom. The molecule has 0 radical (unpaired) electrons. The molecule has 108 valence electrons. The molecule has 0 rings (SSSR count). The van der Waals surface area contributed by atoms with Crippen molar-refractivity contribution in [2.75, 3.05) is 20.8 Å². The zero-order valence-electron chi connectivity index (χ0n) is 12.7. The van der Waals surface area contributed by atoms with Crippen LogP contribution in [0.5, 0.6) is 0 Å². The average molecular weight is 259 g/mol. The second kappa shape index (κ2) is 8.48. The second-order valence-electron chi connectivity index (χ2n) is 5.32. The van der Waals surface area contributed by atoms with Crippen LogP contribution < -0.4 is 5.32 Å². The van der Waals surface area contributed by atoms with Crippen LogP contribution in [-0.2, 0) is 14.3 Å². The Labute approximate surface area is 111 Å². The zero-order valence-corrected chi connectivity index (χ0v) is 12.7. The van der Waals surface area contributed by atoms with Crippen molar-refractivity contribution in [3.63, 3.8) is 0 Å². The minimum atomic E-state index is -0.678. The van der Waals surface area contributed by atoms with Crippen molar-refractivity contribution < 1.29 is 14.3 Å². The van der Waals surface area contributed by atoms with Crippen molar-refractivity contribution in [1.82, 2.24) is 5.32 Å². The third-order valence-electron chi connectivity index (χ3n) is 3.33. The summed E-state index contributed by atoms with van der Waals surface area (Å²) < 4.78 is 10.6. The molecule has 4 nitrogen and oxygen atoms in total. The first-order valence-electron chi connectivity index (χ1n) is 6.78. The molecule has 0 fully saturated rings. The molecule has 0 heterocycles. The van der Waals surface area contributed by atoms with Gasteiger partial charge in [0.2, 0.25) is 0 Å². The zero-order chi connectivity index (χ0) is 14.2. The lowest BCUT2D eigenvalue weighted by Gasteiger charge is -2.29. The largest absolute Gasteiger partial charge is 0.468 e. The molecular formula is C14H29NO3.